The summed E-state index contributed by atoms with van der Waals surface area (Å²) in [5.74, 6) is -0.120. The summed E-state index contributed by atoms with van der Waals surface area (Å²) in [6.07, 6.45) is 10.5. The van der Waals surface area contributed by atoms with Crippen LogP contribution in [0.3, 0.4) is 0 Å². The lowest BCUT2D eigenvalue weighted by Gasteiger charge is -2.21. The molecule has 6 rings (SSSR count). The molecule has 1 aliphatic heterocycles. The maximum atomic E-state index is 12.7. The van der Waals surface area contributed by atoms with E-state index in [0.29, 0.717) is 27.1 Å². The molecule has 10 heteroatoms. The molecule has 5 aromatic rings. The van der Waals surface area contributed by atoms with Crippen LogP contribution in [0.4, 0.5) is 5.69 Å². The van der Waals surface area contributed by atoms with E-state index in [1.54, 1.807) is 30.3 Å². The molecule has 0 bridgehead atoms. The van der Waals surface area contributed by atoms with E-state index in [-0.39, 0.29) is 12.5 Å². The second-order valence-electron chi connectivity index (χ2n) is 12.1. The van der Waals surface area contributed by atoms with E-state index < -0.39 is 16.1 Å². The average molecular weight is 702 g/mol. The van der Waals surface area contributed by atoms with Gasteiger partial charge in [0.15, 0.2) is 0 Å². The Morgan fingerprint density at radius 2 is 1.52 bits per heavy atom. The highest BCUT2D eigenvalue weighted by Crippen LogP contribution is 2.38. The van der Waals surface area contributed by atoms with Crippen LogP contribution < -0.4 is 9.03 Å². The summed E-state index contributed by atoms with van der Waals surface area (Å²) < 4.78 is 30.5. The molecular weight excluding hydrogens is 663 g/mol. The maximum Gasteiger partial charge on any atom is 0.326 e. The molecule has 0 saturated carbocycles. The van der Waals surface area contributed by atoms with Crippen molar-refractivity contribution >= 4 is 45.0 Å². The summed E-state index contributed by atoms with van der Waals surface area (Å²) in [4.78, 5) is 17.2. The van der Waals surface area contributed by atoms with E-state index >= 15 is 0 Å². The van der Waals surface area contributed by atoms with Gasteiger partial charge in [-0.1, -0.05) is 123 Å². The number of aromatic nitrogens is 2. The van der Waals surface area contributed by atoms with Crippen LogP contribution in [0.1, 0.15) is 73.9 Å². The van der Waals surface area contributed by atoms with Gasteiger partial charge in [0, 0.05) is 22.5 Å². The molecule has 1 N–H and O–H groups in total. The summed E-state index contributed by atoms with van der Waals surface area (Å²) >= 11 is 12.9. The molecule has 1 aliphatic rings. The molecule has 1 unspecified atom stereocenters. The second-order valence-corrected chi connectivity index (χ2v) is 14.6. The number of halogens is 2. The third-order valence-corrected chi connectivity index (χ3v) is 10.6. The van der Waals surface area contributed by atoms with Crippen molar-refractivity contribution in [2.45, 2.75) is 57.8 Å². The Morgan fingerprint density at radius 1 is 0.812 bits per heavy atom. The average Bonchev–Trinajstić information content (AvgIpc) is 3.63. The fraction of sp³-hybridized carbons (Fsp3) is 0.263. The van der Waals surface area contributed by atoms with Gasteiger partial charge in [0.05, 0.1) is 22.3 Å². The van der Waals surface area contributed by atoms with Gasteiger partial charge in [-0.05, 0) is 65.9 Å². The SMILES string of the molecule is CCCCCCCCc1ccc(C(c2ccccc2)c2nc(-c3ccc(Cl)cc3Cl)cn2-c2cccc(N3CC(=O)NS3(=O)=O)c2)cc1. The van der Waals surface area contributed by atoms with E-state index in [1.807, 2.05) is 41.1 Å². The van der Waals surface area contributed by atoms with Crippen molar-refractivity contribution in [3.8, 4) is 16.9 Å². The number of carbonyl (C=O) groups is 1. The van der Waals surface area contributed by atoms with Gasteiger partial charge < -0.3 is 4.57 Å². The van der Waals surface area contributed by atoms with Crippen LogP contribution in [0.2, 0.25) is 10.0 Å². The van der Waals surface area contributed by atoms with Crippen molar-refractivity contribution in [2.75, 3.05) is 10.8 Å². The molecule has 1 saturated heterocycles. The molecule has 1 fully saturated rings. The quantitative estimate of drug-likeness (QED) is 0.124. The summed E-state index contributed by atoms with van der Waals surface area (Å²) in [5.41, 5.74) is 5.84. The predicted octanol–water partition coefficient (Wildman–Crippen LogP) is 9.11. The predicted molar refractivity (Wildman–Crippen MR) is 194 cm³/mol. The van der Waals surface area contributed by atoms with Gasteiger partial charge in [0.25, 0.3) is 5.91 Å². The Morgan fingerprint density at radius 3 is 2.23 bits per heavy atom. The van der Waals surface area contributed by atoms with Crippen molar-refractivity contribution in [1.82, 2.24) is 14.3 Å². The molecular formula is C38H38Cl2N4O3S. The van der Waals surface area contributed by atoms with Crippen molar-refractivity contribution in [2.24, 2.45) is 0 Å². The number of imidazole rings is 1. The highest BCUT2D eigenvalue weighted by atomic mass is 35.5. The van der Waals surface area contributed by atoms with Crippen LogP contribution >= 0.6 is 23.2 Å². The minimum absolute atomic E-state index is 0.267. The van der Waals surface area contributed by atoms with Crippen molar-refractivity contribution < 1.29 is 13.2 Å². The third-order valence-electron chi connectivity index (χ3n) is 8.68. The Bertz CT molecular complexity index is 2000. The Kier molecular flexibility index (Phi) is 10.5. The molecule has 0 radical (unpaired) electrons. The lowest BCUT2D eigenvalue weighted by atomic mass is 9.89. The van der Waals surface area contributed by atoms with Crippen LogP contribution in [0.15, 0.2) is 103 Å². The van der Waals surface area contributed by atoms with E-state index in [9.17, 15) is 13.2 Å². The number of hydrogen-bond donors (Lipinski definition) is 1. The van der Waals surface area contributed by atoms with Crippen LogP contribution in [0.25, 0.3) is 16.9 Å². The first kappa shape index (κ1) is 33.8. The number of benzene rings is 4. The van der Waals surface area contributed by atoms with Crippen LogP contribution in [-0.2, 0) is 21.4 Å². The van der Waals surface area contributed by atoms with Gasteiger partial charge in [-0.25, -0.2) is 14.0 Å². The lowest BCUT2D eigenvalue weighted by molar-refractivity contribution is -0.117. The number of aryl methyl sites for hydroxylation is 1. The van der Waals surface area contributed by atoms with Crippen LogP contribution in [0.5, 0.6) is 0 Å². The van der Waals surface area contributed by atoms with E-state index in [4.69, 9.17) is 28.2 Å². The number of nitrogens with one attached hydrogen (secondary N) is 1. The number of rotatable bonds is 13. The monoisotopic (exact) mass is 700 g/mol. The largest absolute Gasteiger partial charge is 0.326 e. The lowest BCUT2D eigenvalue weighted by Crippen LogP contribution is -2.29. The first-order valence-electron chi connectivity index (χ1n) is 16.4. The Balaban J connectivity index is 1.44. The first-order valence-corrected chi connectivity index (χ1v) is 18.6. The van der Waals surface area contributed by atoms with Crippen molar-refractivity contribution in [1.29, 1.82) is 0 Å². The first-order chi connectivity index (χ1) is 23.2. The molecule has 1 amide bonds. The Labute approximate surface area is 292 Å². The van der Waals surface area contributed by atoms with Crippen LogP contribution in [-0.4, -0.2) is 30.4 Å². The number of nitrogens with zero attached hydrogens (tertiary/aromatic N) is 3. The highest BCUT2D eigenvalue weighted by Gasteiger charge is 2.34. The zero-order valence-corrected chi connectivity index (χ0v) is 29.1. The number of unbranched alkanes of at least 4 members (excludes halogenated alkanes) is 5. The molecule has 2 heterocycles. The molecule has 48 heavy (non-hydrogen) atoms. The number of carbonyl (C=O) groups excluding carboxylic acids is 1. The normalized spacial score (nSPS) is 14.6. The summed E-state index contributed by atoms with van der Waals surface area (Å²) in [6, 6.07) is 31.4. The number of hydrogen-bond acceptors (Lipinski definition) is 4. The van der Waals surface area contributed by atoms with Crippen molar-refractivity contribution in [3.05, 3.63) is 136 Å². The van der Waals surface area contributed by atoms with E-state index in [2.05, 4.69) is 48.0 Å². The highest BCUT2D eigenvalue weighted by molar-refractivity contribution is 7.92. The smallest absolute Gasteiger partial charge is 0.302 e. The van der Waals surface area contributed by atoms with Crippen molar-refractivity contribution in [3.63, 3.8) is 0 Å². The van der Waals surface area contributed by atoms with Crippen LogP contribution in [0, 0.1) is 0 Å². The molecule has 0 spiro atoms. The minimum atomic E-state index is -3.99. The zero-order chi connectivity index (χ0) is 33.7. The fourth-order valence-corrected chi connectivity index (χ4v) is 7.88. The number of anilines is 1. The number of amides is 1. The van der Waals surface area contributed by atoms with Gasteiger partial charge >= 0.3 is 10.2 Å². The molecule has 1 atom stereocenters. The summed E-state index contributed by atoms with van der Waals surface area (Å²) in [5, 5.41) is 0.991. The van der Waals surface area contributed by atoms with Gasteiger partial charge in [-0.3, -0.25) is 4.79 Å². The molecule has 7 nitrogen and oxygen atoms in total. The van der Waals surface area contributed by atoms with Gasteiger partial charge in [0.1, 0.15) is 12.4 Å². The third kappa shape index (κ3) is 7.62. The van der Waals surface area contributed by atoms with Gasteiger partial charge in [-0.2, -0.15) is 8.42 Å². The molecule has 248 valence electrons. The minimum Gasteiger partial charge on any atom is -0.302 e. The molecule has 4 aromatic carbocycles. The Hall–Kier alpha value is -4.11. The summed E-state index contributed by atoms with van der Waals surface area (Å²) in [6.45, 7) is 1.95. The topological polar surface area (TPSA) is 84.3 Å². The zero-order valence-electron chi connectivity index (χ0n) is 26.8. The van der Waals surface area contributed by atoms with E-state index in [0.717, 1.165) is 33.2 Å². The van der Waals surface area contributed by atoms with Gasteiger partial charge in [0.2, 0.25) is 0 Å². The molecule has 0 aliphatic carbocycles. The molecule has 1 aromatic heterocycles. The second kappa shape index (κ2) is 15.0. The summed E-state index contributed by atoms with van der Waals surface area (Å²) in [7, 11) is -3.99. The van der Waals surface area contributed by atoms with Gasteiger partial charge in [-0.15, -0.1) is 0 Å². The standard InChI is InChI=1S/C38H38Cl2N4O3S/c1-2-3-4-5-6-8-12-27-17-19-29(20-18-27)37(28-13-9-7-10-14-28)38-41-35(33-22-21-30(39)23-34(33)40)25-43(38)31-15-11-16-32(24-31)44-26-36(45)42-48(44,46)47/h7,9-11,13-25,37H,2-6,8,12,26H2,1H3,(H,42,45). The van der Waals surface area contributed by atoms with E-state index in [1.165, 1.54) is 44.1 Å². The maximum absolute atomic E-state index is 12.7. The fourth-order valence-electron chi connectivity index (χ4n) is 6.23.